The second-order valence-corrected chi connectivity index (χ2v) is 5.68. The van der Waals surface area contributed by atoms with E-state index in [2.05, 4.69) is 5.32 Å². The number of nitrogens with one attached hydrogen (secondary N) is 1. The summed E-state index contributed by atoms with van der Waals surface area (Å²) in [5.41, 5.74) is 0.823. The van der Waals surface area contributed by atoms with Gasteiger partial charge in [-0.25, -0.2) is 0 Å². The van der Waals surface area contributed by atoms with Gasteiger partial charge in [-0.2, -0.15) is 13.2 Å². The third kappa shape index (κ3) is 6.14. The molecule has 0 radical (unpaired) electrons. The molecule has 0 unspecified atom stereocenters. The van der Waals surface area contributed by atoms with Crippen LogP contribution in [0.3, 0.4) is 0 Å². The Balaban J connectivity index is 1.75. The largest absolute Gasteiger partial charge is 0.497 e. The molecule has 0 spiro atoms. The minimum atomic E-state index is -4.38. The number of rotatable bonds is 7. The average Bonchev–Trinajstić information content (AvgIpc) is 2.60. The molecule has 2 rings (SSSR count). The summed E-state index contributed by atoms with van der Waals surface area (Å²) in [5, 5.41) is 2.66. The van der Waals surface area contributed by atoms with Gasteiger partial charge >= 0.3 is 6.18 Å². The molecule has 0 heterocycles. The van der Waals surface area contributed by atoms with Gasteiger partial charge in [-0.05, 0) is 48.2 Å². The van der Waals surface area contributed by atoms with E-state index in [1.54, 1.807) is 13.2 Å². The Labute approximate surface area is 144 Å². The lowest BCUT2D eigenvalue weighted by molar-refractivity contribution is -0.137. The molecule has 0 saturated heterocycles. The van der Waals surface area contributed by atoms with Crippen molar-refractivity contribution in [3.8, 4) is 5.75 Å². The van der Waals surface area contributed by atoms with Crippen molar-refractivity contribution in [1.82, 2.24) is 5.32 Å². The molecule has 3 nitrogen and oxygen atoms in total. The molecule has 134 valence electrons. The van der Waals surface area contributed by atoms with Gasteiger partial charge in [0.05, 0.1) is 12.7 Å². The third-order valence-electron chi connectivity index (χ3n) is 3.77. The average molecular weight is 351 g/mol. The van der Waals surface area contributed by atoms with Crippen LogP contribution in [-0.4, -0.2) is 13.0 Å². The first kappa shape index (κ1) is 18.8. The Morgan fingerprint density at radius 3 is 2.44 bits per heavy atom. The van der Waals surface area contributed by atoms with E-state index in [0.29, 0.717) is 18.4 Å². The van der Waals surface area contributed by atoms with Crippen LogP contribution in [0.5, 0.6) is 5.75 Å². The van der Waals surface area contributed by atoms with Crippen molar-refractivity contribution in [2.45, 2.75) is 32.0 Å². The predicted octanol–water partition coefficient (Wildman–Crippen LogP) is 4.35. The molecule has 1 N–H and O–H groups in total. The third-order valence-corrected chi connectivity index (χ3v) is 3.77. The zero-order chi connectivity index (χ0) is 18.3. The number of benzene rings is 2. The molecule has 0 aliphatic rings. The van der Waals surface area contributed by atoms with Crippen LogP contribution in [0.1, 0.15) is 29.5 Å². The monoisotopic (exact) mass is 351 g/mol. The number of carbonyl (C=O) groups is 1. The summed E-state index contributed by atoms with van der Waals surface area (Å²) in [6.45, 7) is 0.0886. The standard InChI is InChI=1S/C19H20F3NO2/c1-25-17-10-8-14(9-11-17)4-3-7-18(24)23-13-15-5-2-6-16(12-15)19(20,21)22/h2,5-6,8-12H,3-4,7,13H2,1H3,(H,23,24). The van der Waals surface area contributed by atoms with E-state index in [1.807, 2.05) is 24.3 Å². The smallest absolute Gasteiger partial charge is 0.416 e. The summed E-state index contributed by atoms with van der Waals surface area (Å²) in [4.78, 5) is 11.8. The Morgan fingerprint density at radius 2 is 1.80 bits per heavy atom. The van der Waals surface area contributed by atoms with E-state index in [4.69, 9.17) is 4.74 Å². The van der Waals surface area contributed by atoms with Crippen LogP contribution in [0.15, 0.2) is 48.5 Å². The zero-order valence-electron chi connectivity index (χ0n) is 13.9. The van der Waals surface area contributed by atoms with E-state index in [-0.39, 0.29) is 12.5 Å². The SMILES string of the molecule is COc1ccc(CCCC(=O)NCc2cccc(C(F)(F)F)c2)cc1. The van der Waals surface area contributed by atoms with Crippen LogP contribution < -0.4 is 10.1 Å². The highest BCUT2D eigenvalue weighted by molar-refractivity contribution is 5.75. The van der Waals surface area contributed by atoms with Gasteiger partial charge in [-0.1, -0.05) is 24.3 Å². The molecular formula is C19H20F3NO2. The highest BCUT2D eigenvalue weighted by Crippen LogP contribution is 2.29. The van der Waals surface area contributed by atoms with Crippen LogP contribution >= 0.6 is 0 Å². The molecule has 0 aromatic heterocycles. The molecule has 2 aromatic carbocycles. The molecule has 0 fully saturated rings. The number of alkyl halides is 3. The number of halogens is 3. The fourth-order valence-electron chi connectivity index (χ4n) is 2.39. The molecular weight excluding hydrogens is 331 g/mol. The van der Waals surface area contributed by atoms with Gasteiger partial charge in [0.2, 0.25) is 5.91 Å². The summed E-state index contributed by atoms with van der Waals surface area (Å²) >= 11 is 0. The van der Waals surface area contributed by atoms with Crippen molar-refractivity contribution in [1.29, 1.82) is 0 Å². The van der Waals surface area contributed by atoms with Crippen molar-refractivity contribution >= 4 is 5.91 Å². The predicted molar refractivity (Wildman–Crippen MR) is 89.2 cm³/mol. The van der Waals surface area contributed by atoms with E-state index >= 15 is 0 Å². The normalized spacial score (nSPS) is 11.2. The molecule has 0 bridgehead atoms. The van der Waals surface area contributed by atoms with Gasteiger partial charge in [0.15, 0.2) is 0 Å². The topological polar surface area (TPSA) is 38.3 Å². The van der Waals surface area contributed by atoms with Gasteiger partial charge in [0.1, 0.15) is 5.75 Å². The maximum atomic E-state index is 12.6. The van der Waals surface area contributed by atoms with Gasteiger partial charge < -0.3 is 10.1 Å². The van der Waals surface area contributed by atoms with Crippen LogP contribution in [-0.2, 0) is 23.9 Å². The zero-order valence-corrected chi connectivity index (χ0v) is 13.9. The highest BCUT2D eigenvalue weighted by Gasteiger charge is 2.30. The van der Waals surface area contributed by atoms with Crippen molar-refractivity contribution in [2.24, 2.45) is 0 Å². The van der Waals surface area contributed by atoms with E-state index in [0.717, 1.165) is 29.9 Å². The minimum Gasteiger partial charge on any atom is -0.497 e. The molecule has 0 saturated carbocycles. The van der Waals surface area contributed by atoms with Gasteiger partial charge in [-0.15, -0.1) is 0 Å². The van der Waals surface area contributed by atoms with Crippen LogP contribution in [0, 0.1) is 0 Å². The Kier molecular flexibility index (Phi) is 6.44. The molecule has 6 heteroatoms. The molecule has 25 heavy (non-hydrogen) atoms. The first-order valence-corrected chi connectivity index (χ1v) is 7.94. The van der Waals surface area contributed by atoms with E-state index in [1.165, 1.54) is 6.07 Å². The summed E-state index contributed by atoms with van der Waals surface area (Å²) in [6, 6.07) is 12.6. The van der Waals surface area contributed by atoms with Crippen molar-refractivity contribution < 1.29 is 22.7 Å². The Bertz CT molecular complexity index is 697. The number of aryl methyl sites for hydroxylation is 1. The van der Waals surface area contributed by atoms with Gasteiger partial charge in [0.25, 0.3) is 0 Å². The number of methoxy groups -OCH3 is 1. The lowest BCUT2D eigenvalue weighted by Gasteiger charge is -2.10. The Morgan fingerprint density at radius 1 is 1.08 bits per heavy atom. The number of hydrogen-bond donors (Lipinski definition) is 1. The maximum Gasteiger partial charge on any atom is 0.416 e. The molecule has 0 aliphatic carbocycles. The quantitative estimate of drug-likeness (QED) is 0.805. The molecule has 0 aliphatic heterocycles. The van der Waals surface area contributed by atoms with Crippen LogP contribution in [0.25, 0.3) is 0 Å². The second-order valence-electron chi connectivity index (χ2n) is 5.68. The van der Waals surface area contributed by atoms with Crippen molar-refractivity contribution in [3.05, 3.63) is 65.2 Å². The first-order valence-electron chi connectivity index (χ1n) is 7.94. The summed E-state index contributed by atoms with van der Waals surface area (Å²) in [5.74, 6) is 0.605. The molecule has 0 atom stereocenters. The van der Waals surface area contributed by atoms with E-state index in [9.17, 15) is 18.0 Å². The van der Waals surface area contributed by atoms with Crippen LogP contribution in [0.2, 0.25) is 0 Å². The molecule has 1 amide bonds. The number of hydrogen-bond acceptors (Lipinski definition) is 2. The first-order chi connectivity index (χ1) is 11.9. The van der Waals surface area contributed by atoms with Crippen molar-refractivity contribution in [3.63, 3.8) is 0 Å². The second kappa shape index (κ2) is 8.55. The maximum absolute atomic E-state index is 12.6. The molecule has 2 aromatic rings. The van der Waals surface area contributed by atoms with Crippen molar-refractivity contribution in [2.75, 3.05) is 7.11 Å². The summed E-state index contributed by atoms with van der Waals surface area (Å²) in [6.07, 6.45) is -2.63. The summed E-state index contributed by atoms with van der Waals surface area (Å²) in [7, 11) is 1.60. The Hall–Kier alpha value is -2.50. The van der Waals surface area contributed by atoms with Gasteiger partial charge in [-0.3, -0.25) is 4.79 Å². The lowest BCUT2D eigenvalue weighted by atomic mass is 10.1. The number of carbonyl (C=O) groups excluding carboxylic acids is 1. The van der Waals surface area contributed by atoms with E-state index < -0.39 is 11.7 Å². The summed E-state index contributed by atoms with van der Waals surface area (Å²) < 4.78 is 43.0. The minimum absolute atomic E-state index is 0.0886. The van der Waals surface area contributed by atoms with Crippen LogP contribution in [0.4, 0.5) is 13.2 Å². The van der Waals surface area contributed by atoms with Gasteiger partial charge in [0, 0.05) is 13.0 Å². The highest BCUT2D eigenvalue weighted by atomic mass is 19.4. The number of ether oxygens (including phenoxy) is 1. The lowest BCUT2D eigenvalue weighted by Crippen LogP contribution is -2.22. The fraction of sp³-hybridized carbons (Fsp3) is 0.316. The number of amides is 1. The fourth-order valence-corrected chi connectivity index (χ4v) is 2.39.